The molecule has 3 rings (SSSR count). The molecule has 0 N–H and O–H groups in total. The highest BCUT2D eigenvalue weighted by Gasteiger charge is 2.16. The maximum Gasteiger partial charge on any atom is 0.350 e. The Balaban J connectivity index is 1.80. The van der Waals surface area contributed by atoms with E-state index in [0.29, 0.717) is 10.5 Å². The Kier molecular flexibility index (Phi) is 4.39. The number of nitrogens with zero attached hydrogens (tertiary/aromatic N) is 2. The van der Waals surface area contributed by atoms with E-state index in [4.69, 9.17) is 9.47 Å². The summed E-state index contributed by atoms with van der Waals surface area (Å²) in [6.45, 7) is 1.99. The molecular weight excluding hydrogens is 332 g/mol. The normalized spacial score (nSPS) is 10.5. The first-order chi connectivity index (χ1) is 11.6. The molecule has 0 fully saturated rings. The zero-order chi connectivity index (χ0) is 17.1. The Labute approximate surface area is 140 Å². The topological polar surface area (TPSA) is 87.0 Å². The maximum absolute atomic E-state index is 12.2. The Morgan fingerprint density at radius 2 is 1.96 bits per heavy atom. The largest absolute Gasteiger partial charge is 0.462 e. The zero-order valence-electron chi connectivity index (χ0n) is 12.6. The molecule has 2 aromatic heterocycles. The number of hydrogen-bond acceptors (Lipinski definition) is 7. The van der Waals surface area contributed by atoms with E-state index in [0.717, 1.165) is 0 Å². The summed E-state index contributed by atoms with van der Waals surface area (Å²) in [5.74, 6) is -1.06. The first kappa shape index (κ1) is 15.9. The summed E-state index contributed by atoms with van der Waals surface area (Å²) in [7, 11) is 0. The van der Waals surface area contributed by atoms with Crippen molar-refractivity contribution in [3.63, 3.8) is 0 Å². The number of rotatable bonds is 4. The smallest absolute Gasteiger partial charge is 0.350 e. The summed E-state index contributed by atoms with van der Waals surface area (Å²) in [6, 6.07) is 5.87. The highest BCUT2D eigenvalue weighted by molar-refractivity contribution is 7.15. The van der Waals surface area contributed by atoms with E-state index in [9.17, 15) is 14.4 Å². The molecular formula is C16H12N2O5S. The fourth-order valence-corrected chi connectivity index (χ4v) is 2.68. The second kappa shape index (κ2) is 6.63. The van der Waals surface area contributed by atoms with E-state index in [1.54, 1.807) is 18.5 Å². The summed E-state index contributed by atoms with van der Waals surface area (Å²) in [5.41, 5.74) is -0.312. The van der Waals surface area contributed by atoms with Gasteiger partial charge in [-0.3, -0.25) is 9.20 Å². The molecule has 0 aliphatic carbocycles. The molecule has 3 aromatic rings. The number of fused-ring (bicyclic) bond motifs is 1. The fraction of sp³-hybridized carbons (Fsp3) is 0.125. The molecule has 2 heterocycles. The van der Waals surface area contributed by atoms with Crippen LogP contribution in [0.25, 0.3) is 4.96 Å². The summed E-state index contributed by atoms with van der Waals surface area (Å²) >= 11 is 1.29. The van der Waals surface area contributed by atoms with Gasteiger partial charge < -0.3 is 9.47 Å². The van der Waals surface area contributed by atoms with Gasteiger partial charge in [0.1, 0.15) is 11.3 Å². The monoisotopic (exact) mass is 344 g/mol. The minimum atomic E-state index is -0.808. The predicted octanol–water partition coefficient (Wildman–Crippen LogP) is 2.15. The van der Waals surface area contributed by atoms with Crippen LogP contribution in [0.1, 0.15) is 27.6 Å². The molecule has 24 heavy (non-hydrogen) atoms. The van der Waals surface area contributed by atoms with Crippen LogP contribution in [0.2, 0.25) is 0 Å². The molecule has 0 bridgehead atoms. The van der Waals surface area contributed by atoms with Crippen molar-refractivity contribution >= 4 is 28.2 Å². The van der Waals surface area contributed by atoms with Crippen molar-refractivity contribution in [2.24, 2.45) is 0 Å². The van der Waals surface area contributed by atoms with E-state index < -0.39 is 17.5 Å². The van der Waals surface area contributed by atoms with Crippen LogP contribution in [0.5, 0.6) is 5.75 Å². The molecule has 0 amide bonds. The average Bonchev–Trinajstić information content (AvgIpc) is 3.05. The van der Waals surface area contributed by atoms with Gasteiger partial charge in [-0.15, -0.1) is 11.3 Å². The van der Waals surface area contributed by atoms with Crippen molar-refractivity contribution in [2.45, 2.75) is 6.92 Å². The van der Waals surface area contributed by atoms with Crippen LogP contribution in [0.4, 0.5) is 0 Å². The second-order valence-electron chi connectivity index (χ2n) is 4.67. The van der Waals surface area contributed by atoms with Crippen LogP contribution >= 0.6 is 11.3 Å². The van der Waals surface area contributed by atoms with E-state index in [1.165, 1.54) is 46.2 Å². The van der Waals surface area contributed by atoms with Gasteiger partial charge in [0.05, 0.1) is 18.4 Å². The quantitative estimate of drug-likeness (QED) is 0.532. The van der Waals surface area contributed by atoms with Crippen LogP contribution in [0.15, 0.2) is 46.8 Å². The molecule has 0 aliphatic rings. The van der Waals surface area contributed by atoms with Crippen molar-refractivity contribution in [2.75, 3.05) is 6.61 Å². The molecule has 0 saturated carbocycles. The van der Waals surface area contributed by atoms with Crippen LogP contribution < -0.4 is 10.3 Å². The van der Waals surface area contributed by atoms with Crippen LogP contribution in [-0.4, -0.2) is 27.9 Å². The van der Waals surface area contributed by atoms with Crippen LogP contribution in [0.3, 0.4) is 0 Å². The average molecular weight is 344 g/mol. The fourth-order valence-electron chi connectivity index (χ4n) is 2.00. The first-order valence-corrected chi connectivity index (χ1v) is 7.92. The molecule has 122 valence electrons. The van der Waals surface area contributed by atoms with Gasteiger partial charge in [-0.2, -0.15) is 0 Å². The Morgan fingerprint density at radius 1 is 1.21 bits per heavy atom. The van der Waals surface area contributed by atoms with Gasteiger partial charge in [0.2, 0.25) is 0 Å². The van der Waals surface area contributed by atoms with Gasteiger partial charge in [-0.25, -0.2) is 14.6 Å². The third-order valence-corrected chi connectivity index (χ3v) is 3.91. The van der Waals surface area contributed by atoms with E-state index in [-0.39, 0.29) is 17.9 Å². The zero-order valence-corrected chi connectivity index (χ0v) is 13.4. The molecule has 7 nitrogen and oxygen atoms in total. The minimum Gasteiger partial charge on any atom is -0.462 e. The summed E-state index contributed by atoms with van der Waals surface area (Å²) in [4.78, 5) is 40.5. The standard InChI is InChI=1S/C16H12N2O5S/c1-2-22-14(20)10-3-5-11(6-4-10)23-15(21)12-9-17-16-18(13(12)19)7-8-24-16/h3-9H,2H2,1H3. The summed E-state index contributed by atoms with van der Waals surface area (Å²) in [6.07, 6.45) is 2.74. The van der Waals surface area contributed by atoms with Gasteiger partial charge in [0, 0.05) is 11.6 Å². The molecule has 0 saturated heterocycles. The minimum absolute atomic E-state index is 0.166. The van der Waals surface area contributed by atoms with E-state index >= 15 is 0 Å². The number of ether oxygens (including phenoxy) is 2. The number of esters is 2. The van der Waals surface area contributed by atoms with E-state index in [2.05, 4.69) is 4.98 Å². The number of thiazole rings is 1. The lowest BCUT2D eigenvalue weighted by Crippen LogP contribution is -2.24. The van der Waals surface area contributed by atoms with Crippen LogP contribution in [0, 0.1) is 0 Å². The number of carbonyl (C=O) groups is 2. The van der Waals surface area contributed by atoms with Crippen molar-refractivity contribution in [1.29, 1.82) is 0 Å². The Hall–Kier alpha value is -3.00. The lowest BCUT2D eigenvalue weighted by atomic mass is 10.2. The number of hydrogen-bond donors (Lipinski definition) is 0. The molecule has 1 aromatic carbocycles. The van der Waals surface area contributed by atoms with E-state index in [1.807, 2.05) is 0 Å². The first-order valence-electron chi connectivity index (χ1n) is 7.04. The molecule has 0 atom stereocenters. The van der Waals surface area contributed by atoms with Crippen molar-refractivity contribution in [3.05, 3.63) is 63.5 Å². The van der Waals surface area contributed by atoms with Gasteiger partial charge in [0.15, 0.2) is 4.96 Å². The number of aromatic nitrogens is 2. The molecule has 0 unspecified atom stereocenters. The third-order valence-electron chi connectivity index (χ3n) is 3.14. The SMILES string of the molecule is CCOC(=O)c1ccc(OC(=O)c2cnc3sccn3c2=O)cc1. The molecule has 0 aliphatic heterocycles. The molecule has 0 spiro atoms. The Morgan fingerprint density at radius 3 is 2.67 bits per heavy atom. The van der Waals surface area contributed by atoms with Crippen LogP contribution in [-0.2, 0) is 4.74 Å². The van der Waals surface area contributed by atoms with Gasteiger partial charge in [-0.1, -0.05) is 0 Å². The van der Waals surface area contributed by atoms with Crippen molar-refractivity contribution in [3.8, 4) is 5.75 Å². The van der Waals surface area contributed by atoms with Crippen molar-refractivity contribution in [1.82, 2.24) is 9.38 Å². The number of carbonyl (C=O) groups excluding carboxylic acids is 2. The van der Waals surface area contributed by atoms with Crippen molar-refractivity contribution < 1.29 is 19.1 Å². The predicted molar refractivity (Wildman–Crippen MR) is 86.7 cm³/mol. The highest BCUT2D eigenvalue weighted by Crippen LogP contribution is 2.14. The van der Waals surface area contributed by atoms with Gasteiger partial charge in [0.25, 0.3) is 5.56 Å². The lowest BCUT2D eigenvalue weighted by Gasteiger charge is -2.05. The summed E-state index contributed by atoms with van der Waals surface area (Å²) in [5, 5.41) is 1.70. The molecule has 8 heteroatoms. The lowest BCUT2D eigenvalue weighted by molar-refractivity contribution is 0.0526. The third kappa shape index (κ3) is 3.04. The highest BCUT2D eigenvalue weighted by atomic mass is 32.1. The second-order valence-corrected chi connectivity index (χ2v) is 5.54. The number of benzene rings is 1. The maximum atomic E-state index is 12.2. The molecule has 0 radical (unpaired) electrons. The Bertz CT molecular complexity index is 959. The van der Waals surface area contributed by atoms with Gasteiger partial charge in [-0.05, 0) is 31.2 Å². The van der Waals surface area contributed by atoms with Gasteiger partial charge >= 0.3 is 11.9 Å². The summed E-state index contributed by atoms with van der Waals surface area (Å²) < 4.78 is 11.3.